The Morgan fingerprint density at radius 2 is 1.80 bits per heavy atom. The molecule has 3 aromatic carbocycles. The molecule has 0 bridgehead atoms. The molecule has 54 heavy (non-hydrogen) atoms. The Hall–Kier alpha value is -4.24. The lowest BCUT2D eigenvalue weighted by molar-refractivity contribution is -0.128. The monoisotopic (exact) mass is 782 g/mol. The molecule has 1 saturated heterocycles. The molecule has 0 saturated carbocycles. The molecule has 3 N–H and O–H groups in total. The van der Waals surface area contributed by atoms with Crippen LogP contribution in [0.15, 0.2) is 66.9 Å². The van der Waals surface area contributed by atoms with E-state index in [4.69, 9.17) is 32.7 Å². The molecule has 3 amide bonds. The zero-order valence-electron chi connectivity index (χ0n) is 31.6. The summed E-state index contributed by atoms with van der Waals surface area (Å²) < 4.78 is 28.9. The van der Waals surface area contributed by atoms with E-state index in [-0.39, 0.29) is 29.6 Å². The number of imidazole rings is 1. The molecule has 0 aliphatic carbocycles. The van der Waals surface area contributed by atoms with Crippen LogP contribution in [0.2, 0.25) is 10.0 Å². The fraction of sp³-hybridized carbons (Fsp3) is 0.410. The summed E-state index contributed by atoms with van der Waals surface area (Å²) >= 11 is 12.4. The van der Waals surface area contributed by atoms with Gasteiger partial charge in [-0.15, -0.1) is 0 Å². The number of hydrazine groups is 1. The minimum Gasteiger partial charge on any atom is -0.457 e. The predicted molar refractivity (Wildman–Crippen MR) is 209 cm³/mol. The molecule has 1 aromatic heterocycles. The van der Waals surface area contributed by atoms with Crippen molar-refractivity contribution in [3.63, 3.8) is 0 Å². The second-order valence-electron chi connectivity index (χ2n) is 13.9. The van der Waals surface area contributed by atoms with E-state index in [2.05, 4.69) is 25.9 Å². The lowest BCUT2D eigenvalue weighted by Gasteiger charge is -2.46. The van der Waals surface area contributed by atoms with Crippen LogP contribution < -0.4 is 20.8 Å². The van der Waals surface area contributed by atoms with Crippen molar-refractivity contribution >= 4 is 35.1 Å². The van der Waals surface area contributed by atoms with E-state index < -0.39 is 29.3 Å². The molecule has 1 aliphatic rings. The number of hydrogen-bond acceptors (Lipinski definition) is 8. The average molecular weight is 784 g/mol. The Bertz CT molecular complexity index is 1880. The number of ether oxygens (including phenoxy) is 2. The highest BCUT2D eigenvalue weighted by molar-refractivity contribution is 6.31. The zero-order chi connectivity index (χ0) is 39.0. The number of hydrogen-bond donors (Lipinski definition) is 3. The zero-order valence-corrected chi connectivity index (χ0v) is 33.1. The number of urea groups is 1. The summed E-state index contributed by atoms with van der Waals surface area (Å²) in [6.45, 7) is 3.50. The van der Waals surface area contributed by atoms with Crippen molar-refractivity contribution in [3.8, 4) is 22.8 Å². The molecule has 0 radical (unpaired) electrons. The van der Waals surface area contributed by atoms with E-state index in [1.165, 1.54) is 19.2 Å². The van der Waals surface area contributed by atoms with Gasteiger partial charge in [-0.3, -0.25) is 10.2 Å². The number of amides is 3. The van der Waals surface area contributed by atoms with Crippen LogP contribution in [0, 0.1) is 5.82 Å². The maximum absolute atomic E-state index is 15.4. The first kappa shape index (κ1) is 40.9. The van der Waals surface area contributed by atoms with Crippen molar-refractivity contribution < 1.29 is 23.5 Å². The number of benzene rings is 3. The quantitative estimate of drug-likeness (QED) is 0.102. The predicted octanol–water partition coefficient (Wildman–Crippen LogP) is 6.22. The maximum atomic E-state index is 15.4. The summed E-state index contributed by atoms with van der Waals surface area (Å²) in [6, 6.07) is 16.4. The van der Waals surface area contributed by atoms with Crippen LogP contribution in [0.5, 0.6) is 11.5 Å². The van der Waals surface area contributed by atoms with Crippen molar-refractivity contribution in [1.82, 2.24) is 40.4 Å². The minimum atomic E-state index is -0.847. The van der Waals surface area contributed by atoms with Gasteiger partial charge in [-0.05, 0) is 101 Å². The molecule has 0 unspecified atom stereocenters. The van der Waals surface area contributed by atoms with Gasteiger partial charge < -0.3 is 34.5 Å². The van der Waals surface area contributed by atoms with Gasteiger partial charge in [0.25, 0.3) is 5.91 Å². The van der Waals surface area contributed by atoms with E-state index in [0.717, 1.165) is 47.0 Å². The molecular formula is C39H49Cl2FN8O4. The van der Waals surface area contributed by atoms with Crippen LogP contribution in [-0.2, 0) is 36.1 Å². The van der Waals surface area contributed by atoms with Crippen molar-refractivity contribution in [2.75, 3.05) is 48.1 Å². The van der Waals surface area contributed by atoms with Gasteiger partial charge in [0.2, 0.25) is 0 Å². The number of rotatable bonds is 14. The van der Waals surface area contributed by atoms with Gasteiger partial charge >= 0.3 is 6.03 Å². The first-order chi connectivity index (χ1) is 25.8. The molecule has 4 aromatic rings. The third-order valence-corrected chi connectivity index (χ3v) is 10.1. The van der Waals surface area contributed by atoms with Gasteiger partial charge in [0, 0.05) is 55.5 Å². The van der Waals surface area contributed by atoms with Gasteiger partial charge in [0.1, 0.15) is 29.9 Å². The van der Waals surface area contributed by atoms with E-state index in [1.54, 1.807) is 31.0 Å². The number of nitrogens with one attached hydrogen (secondary N) is 3. The lowest BCUT2D eigenvalue weighted by Crippen LogP contribution is -2.64. The second-order valence-corrected chi connectivity index (χ2v) is 14.8. The highest BCUT2D eigenvalue weighted by Gasteiger charge is 2.41. The molecule has 12 nitrogen and oxygen atoms in total. The third kappa shape index (κ3) is 10.1. The van der Waals surface area contributed by atoms with Crippen LogP contribution >= 0.6 is 23.2 Å². The van der Waals surface area contributed by atoms with Crippen LogP contribution in [0.25, 0.3) is 11.3 Å². The maximum Gasteiger partial charge on any atom is 0.341 e. The van der Waals surface area contributed by atoms with Crippen molar-refractivity contribution in [2.24, 2.45) is 7.05 Å². The van der Waals surface area contributed by atoms with E-state index in [1.807, 2.05) is 68.3 Å². The van der Waals surface area contributed by atoms with Gasteiger partial charge in [0.05, 0.1) is 30.0 Å². The SMILES string of the molecule is COCN(NC(=O)[C@H](C)NCc1c(F)cc(Cl)cc1Oc1ccc(-c2cnc(CN(C)C)n2C)cc1)C(=O)N(C)[C@@]1(Cc2ccc(Cl)cc2)CCCNC1. The Morgan fingerprint density at radius 1 is 1.07 bits per heavy atom. The molecule has 2 atom stereocenters. The summed E-state index contributed by atoms with van der Waals surface area (Å²) in [5, 5.41) is 8.44. The summed E-state index contributed by atoms with van der Waals surface area (Å²) in [5.41, 5.74) is 5.26. The standard InChI is InChI=1S/C39H49Cl2FN8O4/c1-26(37(51)46-50(25-53-6)38(52)49(5)39(16-7-17-43-24-39)20-27-8-12-29(40)13-9-27)44-21-32-33(42)18-30(41)19-35(32)54-31-14-10-28(11-15-31)34-22-45-36(48(34)4)23-47(2)3/h8-15,18-19,22,26,43-44H,7,16-17,20-21,23-25H2,1-6H3,(H,46,51)/t26-,39+/m0/s1. The normalized spacial score (nSPS) is 16.3. The first-order valence-corrected chi connectivity index (χ1v) is 18.5. The minimum absolute atomic E-state index is 0.0668. The molecule has 1 aliphatic heterocycles. The van der Waals surface area contributed by atoms with Gasteiger partial charge in [-0.25, -0.2) is 19.2 Å². The molecular weight excluding hydrogens is 734 g/mol. The van der Waals surface area contributed by atoms with E-state index >= 15 is 4.39 Å². The highest BCUT2D eigenvalue weighted by Crippen LogP contribution is 2.33. The Kier molecular flexibility index (Phi) is 13.9. The van der Waals surface area contributed by atoms with Gasteiger partial charge in [-0.1, -0.05) is 35.3 Å². The molecule has 290 valence electrons. The van der Waals surface area contributed by atoms with Gasteiger partial charge in [-0.2, -0.15) is 0 Å². The Balaban J connectivity index is 1.25. The number of methoxy groups -OCH3 is 1. The van der Waals surface area contributed by atoms with Crippen LogP contribution in [0.1, 0.15) is 36.7 Å². The molecule has 5 rings (SSSR count). The van der Waals surface area contributed by atoms with Crippen molar-refractivity contribution in [1.29, 1.82) is 0 Å². The number of carbonyl (C=O) groups is 2. The fourth-order valence-corrected chi connectivity index (χ4v) is 6.85. The summed E-state index contributed by atoms with van der Waals surface area (Å²) in [6.07, 6.45) is 4.07. The first-order valence-electron chi connectivity index (χ1n) is 17.7. The van der Waals surface area contributed by atoms with E-state index in [9.17, 15) is 9.59 Å². The number of nitrogens with zero attached hydrogens (tertiary/aromatic N) is 5. The van der Waals surface area contributed by atoms with Crippen molar-refractivity contribution in [3.05, 3.63) is 99.7 Å². The number of piperidine rings is 1. The molecule has 15 heteroatoms. The average Bonchev–Trinajstić information content (AvgIpc) is 3.50. The topological polar surface area (TPSA) is 116 Å². The largest absolute Gasteiger partial charge is 0.457 e. The molecule has 0 spiro atoms. The fourth-order valence-electron chi connectivity index (χ4n) is 6.52. The number of aromatic nitrogens is 2. The molecule has 1 fully saturated rings. The van der Waals surface area contributed by atoms with Crippen LogP contribution in [0.3, 0.4) is 0 Å². The van der Waals surface area contributed by atoms with Crippen molar-refractivity contribution in [2.45, 2.75) is 50.9 Å². The smallest absolute Gasteiger partial charge is 0.341 e. The lowest BCUT2D eigenvalue weighted by atomic mass is 9.82. The summed E-state index contributed by atoms with van der Waals surface area (Å²) in [4.78, 5) is 35.7. The number of carbonyl (C=O) groups excluding carboxylic acids is 2. The third-order valence-electron chi connectivity index (χ3n) is 9.65. The molecule has 2 heterocycles. The number of likely N-dealkylation sites (N-methyl/N-ethyl adjacent to an activating group) is 1. The van der Waals surface area contributed by atoms with Crippen LogP contribution in [-0.4, -0.2) is 96.0 Å². The van der Waals surface area contributed by atoms with Gasteiger partial charge in [0.15, 0.2) is 0 Å². The van der Waals surface area contributed by atoms with Crippen LogP contribution in [0.4, 0.5) is 9.18 Å². The Labute approximate surface area is 326 Å². The number of halogens is 3. The second kappa shape index (κ2) is 18.4. The highest BCUT2D eigenvalue weighted by atomic mass is 35.5. The summed E-state index contributed by atoms with van der Waals surface area (Å²) in [5.74, 6) is 0.501. The van der Waals surface area contributed by atoms with E-state index in [0.29, 0.717) is 30.3 Å². The summed E-state index contributed by atoms with van der Waals surface area (Å²) in [7, 11) is 9.14. The Morgan fingerprint density at radius 3 is 2.44 bits per heavy atom.